The number of nitrogens with two attached hydrogens (primary N) is 1. The third-order valence-electron chi connectivity index (χ3n) is 2.93. The maximum Gasteiger partial charge on any atom is 0.327 e. The van der Waals surface area contributed by atoms with Gasteiger partial charge in [-0.2, -0.15) is 0 Å². The van der Waals surface area contributed by atoms with Crippen LogP contribution in [0, 0.1) is 0 Å². The third kappa shape index (κ3) is 2.02. The van der Waals surface area contributed by atoms with Crippen molar-refractivity contribution < 1.29 is 14.3 Å². The highest BCUT2D eigenvalue weighted by Crippen LogP contribution is 2.31. The highest BCUT2D eigenvalue weighted by Gasteiger charge is 2.19. The minimum absolute atomic E-state index is 0.453. The zero-order chi connectivity index (χ0) is 13.1. The van der Waals surface area contributed by atoms with E-state index in [0.717, 1.165) is 22.1 Å². The van der Waals surface area contributed by atoms with E-state index in [1.54, 1.807) is 19.2 Å². The molecule has 2 N–H and O–H groups in total. The van der Waals surface area contributed by atoms with Crippen molar-refractivity contribution in [1.82, 2.24) is 0 Å². The molecule has 0 unspecified atom stereocenters. The van der Waals surface area contributed by atoms with E-state index in [4.69, 9.17) is 10.5 Å². The van der Waals surface area contributed by atoms with Gasteiger partial charge in [0.15, 0.2) is 0 Å². The van der Waals surface area contributed by atoms with E-state index in [0.29, 0.717) is 0 Å². The molecule has 0 saturated carbocycles. The summed E-state index contributed by atoms with van der Waals surface area (Å²) in [5.74, 6) is 0.303. The standard InChI is InChI=1S/C14H15NO3/c1-17-12-8-7-11(13(15)14(16)18-2)9-5-3-4-6-10(9)12/h3-8,13H,15H2,1-2H3/t13-/m0/s1. The highest BCUT2D eigenvalue weighted by molar-refractivity contribution is 5.94. The average molecular weight is 245 g/mol. The van der Waals surface area contributed by atoms with E-state index in [1.807, 2.05) is 24.3 Å². The number of esters is 1. The van der Waals surface area contributed by atoms with Gasteiger partial charge in [0.25, 0.3) is 0 Å². The van der Waals surface area contributed by atoms with Gasteiger partial charge in [0.2, 0.25) is 0 Å². The largest absolute Gasteiger partial charge is 0.496 e. The lowest BCUT2D eigenvalue weighted by Crippen LogP contribution is -2.22. The van der Waals surface area contributed by atoms with Crippen molar-refractivity contribution in [3.63, 3.8) is 0 Å². The van der Waals surface area contributed by atoms with Crippen LogP contribution < -0.4 is 10.5 Å². The Balaban J connectivity index is 2.63. The topological polar surface area (TPSA) is 61.5 Å². The fourth-order valence-electron chi connectivity index (χ4n) is 2.00. The second kappa shape index (κ2) is 5.06. The number of rotatable bonds is 3. The summed E-state index contributed by atoms with van der Waals surface area (Å²) in [6, 6.07) is 10.5. The molecule has 4 nitrogen and oxygen atoms in total. The van der Waals surface area contributed by atoms with Gasteiger partial charge in [-0.05, 0) is 17.0 Å². The van der Waals surface area contributed by atoms with Gasteiger partial charge < -0.3 is 15.2 Å². The maximum absolute atomic E-state index is 11.5. The lowest BCUT2D eigenvalue weighted by Gasteiger charge is -2.14. The second-order valence-electron chi connectivity index (χ2n) is 3.90. The van der Waals surface area contributed by atoms with E-state index < -0.39 is 12.0 Å². The number of fused-ring (bicyclic) bond motifs is 1. The molecule has 2 aromatic carbocycles. The number of methoxy groups -OCH3 is 2. The predicted octanol–water partition coefficient (Wildman–Crippen LogP) is 2.02. The number of benzene rings is 2. The van der Waals surface area contributed by atoms with Crippen molar-refractivity contribution >= 4 is 16.7 Å². The van der Waals surface area contributed by atoms with E-state index >= 15 is 0 Å². The highest BCUT2D eigenvalue weighted by atomic mass is 16.5. The Labute approximate surface area is 105 Å². The molecule has 0 amide bonds. The lowest BCUT2D eigenvalue weighted by molar-refractivity contribution is -0.142. The molecule has 0 aromatic heterocycles. The minimum Gasteiger partial charge on any atom is -0.496 e. The van der Waals surface area contributed by atoms with Crippen molar-refractivity contribution in [2.24, 2.45) is 5.73 Å². The monoisotopic (exact) mass is 245 g/mol. The minimum atomic E-state index is -0.786. The molecular weight excluding hydrogens is 230 g/mol. The Morgan fingerprint density at radius 1 is 1.11 bits per heavy atom. The molecular formula is C14H15NO3. The Hall–Kier alpha value is -2.07. The van der Waals surface area contributed by atoms with Gasteiger partial charge in [-0.1, -0.05) is 30.3 Å². The normalized spacial score (nSPS) is 12.2. The Morgan fingerprint density at radius 2 is 1.78 bits per heavy atom. The van der Waals surface area contributed by atoms with Crippen molar-refractivity contribution in [2.75, 3.05) is 14.2 Å². The molecule has 94 valence electrons. The van der Waals surface area contributed by atoms with Crippen LogP contribution in [0.1, 0.15) is 11.6 Å². The summed E-state index contributed by atoms with van der Waals surface area (Å²) in [6.45, 7) is 0. The molecule has 2 aromatic rings. The molecule has 0 radical (unpaired) electrons. The van der Waals surface area contributed by atoms with E-state index in [2.05, 4.69) is 4.74 Å². The molecule has 18 heavy (non-hydrogen) atoms. The zero-order valence-electron chi connectivity index (χ0n) is 10.3. The zero-order valence-corrected chi connectivity index (χ0v) is 10.3. The molecule has 0 aliphatic carbocycles. The van der Waals surface area contributed by atoms with Crippen LogP contribution in [0.4, 0.5) is 0 Å². The summed E-state index contributed by atoms with van der Waals surface area (Å²) in [7, 11) is 2.94. The van der Waals surface area contributed by atoms with E-state index in [9.17, 15) is 4.79 Å². The van der Waals surface area contributed by atoms with Gasteiger partial charge >= 0.3 is 5.97 Å². The number of hydrogen-bond acceptors (Lipinski definition) is 4. The van der Waals surface area contributed by atoms with Crippen molar-refractivity contribution in [3.05, 3.63) is 42.0 Å². The molecule has 0 aliphatic heterocycles. The Morgan fingerprint density at radius 3 is 2.39 bits per heavy atom. The molecule has 2 rings (SSSR count). The van der Waals surface area contributed by atoms with Crippen LogP contribution in [0.3, 0.4) is 0 Å². The van der Waals surface area contributed by atoms with Crippen molar-refractivity contribution in [3.8, 4) is 5.75 Å². The maximum atomic E-state index is 11.5. The van der Waals surface area contributed by atoms with Crippen LogP contribution in [0.5, 0.6) is 5.75 Å². The number of carbonyl (C=O) groups excluding carboxylic acids is 1. The van der Waals surface area contributed by atoms with Crippen LogP contribution in [-0.4, -0.2) is 20.2 Å². The van der Waals surface area contributed by atoms with Crippen LogP contribution in [0.2, 0.25) is 0 Å². The van der Waals surface area contributed by atoms with Gasteiger partial charge in [-0.3, -0.25) is 4.79 Å². The van der Waals surface area contributed by atoms with Gasteiger partial charge in [-0.15, -0.1) is 0 Å². The first kappa shape index (κ1) is 12.4. The predicted molar refractivity (Wildman–Crippen MR) is 69.4 cm³/mol. The molecule has 0 spiro atoms. The fourth-order valence-corrected chi connectivity index (χ4v) is 2.00. The summed E-state index contributed by atoms with van der Waals surface area (Å²) < 4.78 is 9.97. The Bertz CT molecular complexity index is 580. The van der Waals surface area contributed by atoms with Gasteiger partial charge in [0, 0.05) is 5.39 Å². The van der Waals surface area contributed by atoms with Crippen LogP contribution >= 0.6 is 0 Å². The van der Waals surface area contributed by atoms with Gasteiger partial charge in [-0.25, -0.2) is 0 Å². The van der Waals surface area contributed by atoms with Crippen LogP contribution in [-0.2, 0) is 9.53 Å². The molecule has 4 heteroatoms. The third-order valence-corrected chi connectivity index (χ3v) is 2.93. The molecule has 0 bridgehead atoms. The molecule has 0 heterocycles. The quantitative estimate of drug-likeness (QED) is 0.840. The number of carbonyl (C=O) groups is 1. The van der Waals surface area contributed by atoms with E-state index in [-0.39, 0.29) is 0 Å². The van der Waals surface area contributed by atoms with Crippen molar-refractivity contribution in [1.29, 1.82) is 0 Å². The van der Waals surface area contributed by atoms with Gasteiger partial charge in [0.1, 0.15) is 11.8 Å². The molecule has 0 fully saturated rings. The SMILES string of the molecule is COC(=O)[C@@H](N)c1ccc(OC)c2ccccc12. The van der Waals surface area contributed by atoms with Gasteiger partial charge in [0.05, 0.1) is 14.2 Å². The molecule has 0 saturated heterocycles. The van der Waals surface area contributed by atoms with E-state index in [1.165, 1.54) is 7.11 Å². The summed E-state index contributed by atoms with van der Waals surface area (Å²) in [6.07, 6.45) is 0. The Kier molecular flexibility index (Phi) is 3.48. The first-order valence-electron chi connectivity index (χ1n) is 5.58. The number of ether oxygens (including phenoxy) is 2. The average Bonchev–Trinajstić information content (AvgIpc) is 2.44. The van der Waals surface area contributed by atoms with Crippen LogP contribution in [0.25, 0.3) is 10.8 Å². The summed E-state index contributed by atoms with van der Waals surface area (Å²) in [5.41, 5.74) is 6.63. The summed E-state index contributed by atoms with van der Waals surface area (Å²) in [4.78, 5) is 11.5. The second-order valence-corrected chi connectivity index (χ2v) is 3.90. The first-order chi connectivity index (χ1) is 8.69. The fraction of sp³-hybridized carbons (Fsp3) is 0.214. The smallest absolute Gasteiger partial charge is 0.327 e. The summed E-state index contributed by atoms with van der Waals surface area (Å²) >= 11 is 0. The number of hydrogen-bond donors (Lipinski definition) is 1. The van der Waals surface area contributed by atoms with Crippen LogP contribution in [0.15, 0.2) is 36.4 Å². The molecule has 1 atom stereocenters. The first-order valence-corrected chi connectivity index (χ1v) is 5.58. The summed E-state index contributed by atoms with van der Waals surface area (Å²) in [5, 5.41) is 1.83. The molecule has 0 aliphatic rings. The lowest BCUT2D eigenvalue weighted by atomic mass is 9.98. The van der Waals surface area contributed by atoms with Crippen molar-refractivity contribution in [2.45, 2.75) is 6.04 Å².